The van der Waals surface area contributed by atoms with Crippen molar-refractivity contribution in [1.82, 2.24) is 4.31 Å². The maximum atomic E-state index is 12.0. The highest BCUT2D eigenvalue weighted by Gasteiger charge is 2.18. The van der Waals surface area contributed by atoms with Gasteiger partial charge in [0.2, 0.25) is 10.0 Å². The van der Waals surface area contributed by atoms with Crippen LogP contribution in [0.25, 0.3) is 0 Å². The average molecular weight is 390 g/mol. The molecule has 0 saturated heterocycles. The number of carbonyl (C=O) groups is 2. The highest BCUT2D eigenvalue weighted by molar-refractivity contribution is 7.89. The molecule has 7 nitrogen and oxygen atoms in total. The van der Waals surface area contributed by atoms with Crippen LogP contribution in [0.3, 0.4) is 0 Å². The fourth-order valence-corrected chi connectivity index (χ4v) is 3.11. The van der Waals surface area contributed by atoms with Crippen molar-refractivity contribution >= 4 is 27.6 Å². The van der Waals surface area contributed by atoms with Crippen molar-refractivity contribution in [2.45, 2.75) is 18.7 Å². The van der Waals surface area contributed by atoms with Gasteiger partial charge in [-0.15, -0.1) is 0 Å². The number of rotatable bonds is 6. The lowest BCUT2D eigenvalue weighted by Crippen LogP contribution is -2.22. The maximum Gasteiger partial charge on any atom is 0.338 e. The molecule has 0 aromatic heterocycles. The molecule has 2 aromatic carbocycles. The van der Waals surface area contributed by atoms with E-state index in [1.807, 2.05) is 26.0 Å². The van der Waals surface area contributed by atoms with E-state index in [-0.39, 0.29) is 10.5 Å². The average Bonchev–Trinajstić information content (AvgIpc) is 2.62. The number of hydrogen-bond donors (Lipinski definition) is 1. The second-order valence-corrected chi connectivity index (χ2v) is 8.39. The molecule has 0 heterocycles. The van der Waals surface area contributed by atoms with Crippen molar-refractivity contribution in [3.8, 4) is 0 Å². The molecule has 0 aliphatic rings. The van der Waals surface area contributed by atoms with E-state index in [1.54, 1.807) is 6.07 Å². The highest BCUT2D eigenvalue weighted by atomic mass is 32.2. The molecule has 1 N–H and O–H groups in total. The van der Waals surface area contributed by atoms with Gasteiger partial charge in [-0.1, -0.05) is 6.07 Å². The summed E-state index contributed by atoms with van der Waals surface area (Å²) in [6, 6.07) is 10.8. The Hall–Kier alpha value is -2.71. The van der Waals surface area contributed by atoms with Gasteiger partial charge in [0.05, 0.1) is 10.5 Å². The molecule has 27 heavy (non-hydrogen) atoms. The molecule has 8 heteroatoms. The van der Waals surface area contributed by atoms with Crippen LogP contribution < -0.4 is 5.32 Å². The summed E-state index contributed by atoms with van der Waals surface area (Å²) < 4.78 is 30.1. The molecule has 0 atom stereocenters. The minimum atomic E-state index is -3.57. The Morgan fingerprint density at radius 2 is 1.63 bits per heavy atom. The number of nitrogens with one attached hydrogen (secondary N) is 1. The second kappa shape index (κ2) is 8.32. The van der Waals surface area contributed by atoms with Crippen LogP contribution in [0.1, 0.15) is 21.5 Å². The number of hydrogen-bond acceptors (Lipinski definition) is 5. The molecule has 1 amide bonds. The molecule has 0 fully saturated rings. The fourth-order valence-electron chi connectivity index (χ4n) is 2.20. The number of amides is 1. The minimum Gasteiger partial charge on any atom is -0.452 e. The second-order valence-electron chi connectivity index (χ2n) is 6.24. The molecular weight excluding hydrogens is 368 g/mol. The number of anilines is 1. The van der Waals surface area contributed by atoms with E-state index >= 15 is 0 Å². The van der Waals surface area contributed by atoms with Crippen LogP contribution in [-0.4, -0.2) is 45.3 Å². The first-order valence-corrected chi connectivity index (χ1v) is 9.62. The number of carbonyl (C=O) groups excluding carboxylic acids is 2. The summed E-state index contributed by atoms with van der Waals surface area (Å²) in [6.07, 6.45) is 0. The molecule has 0 radical (unpaired) electrons. The summed E-state index contributed by atoms with van der Waals surface area (Å²) in [5.41, 5.74) is 2.93. The first kappa shape index (κ1) is 20.6. The standard InChI is InChI=1S/C19H22N2O5S/c1-13-5-8-16(11-14(13)2)20-18(22)12-26-19(23)15-6-9-17(10-7-15)27(24,25)21(3)4/h5-11H,12H2,1-4H3,(H,20,22). The van der Waals surface area contributed by atoms with Crippen LogP contribution in [0, 0.1) is 13.8 Å². The predicted octanol–water partition coefficient (Wildman–Crippen LogP) is 2.35. The van der Waals surface area contributed by atoms with Crippen LogP contribution in [-0.2, 0) is 19.6 Å². The van der Waals surface area contributed by atoms with E-state index in [4.69, 9.17) is 4.74 Å². The lowest BCUT2D eigenvalue weighted by molar-refractivity contribution is -0.119. The molecule has 0 aliphatic heterocycles. The van der Waals surface area contributed by atoms with Gasteiger partial charge in [0.1, 0.15) is 0 Å². The molecule has 144 valence electrons. The van der Waals surface area contributed by atoms with Gasteiger partial charge in [-0.3, -0.25) is 4.79 Å². The van der Waals surface area contributed by atoms with Crippen LogP contribution in [0.15, 0.2) is 47.4 Å². The van der Waals surface area contributed by atoms with Crippen molar-refractivity contribution in [2.24, 2.45) is 0 Å². The minimum absolute atomic E-state index is 0.0662. The molecule has 2 aromatic rings. The summed E-state index contributed by atoms with van der Waals surface area (Å²) in [5, 5.41) is 2.66. The van der Waals surface area contributed by atoms with Gasteiger partial charge in [-0.05, 0) is 61.4 Å². The third-order valence-electron chi connectivity index (χ3n) is 3.99. The van der Waals surface area contributed by atoms with E-state index < -0.39 is 28.5 Å². The highest BCUT2D eigenvalue weighted by Crippen LogP contribution is 2.15. The van der Waals surface area contributed by atoms with Gasteiger partial charge >= 0.3 is 5.97 Å². The van der Waals surface area contributed by atoms with Crippen LogP contribution in [0.2, 0.25) is 0 Å². The predicted molar refractivity (Wildman–Crippen MR) is 102 cm³/mol. The zero-order chi connectivity index (χ0) is 20.2. The van der Waals surface area contributed by atoms with Crippen molar-refractivity contribution in [1.29, 1.82) is 0 Å². The van der Waals surface area contributed by atoms with Crippen molar-refractivity contribution in [2.75, 3.05) is 26.0 Å². The Labute approximate surface area is 159 Å². The van der Waals surface area contributed by atoms with E-state index in [0.717, 1.165) is 15.4 Å². The molecule has 0 saturated carbocycles. The number of nitrogens with zero attached hydrogens (tertiary/aromatic N) is 1. The lowest BCUT2D eigenvalue weighted by Gasteiger charge is -2.11. The molecular formula is C19H22N2O5S. The SMILES string of the molecule is Cc1ccc(NC(=O)COC(=O)c2ccc(S(=O)(=O)N(C)C)cc2)cc1C. The van der Waals surface area contributed by atoms with E-state index in [9.17, 15) is 18.0 Å². The number of esters is 1. The summed E-state index contributed by atoms with van der Waals surface area (Å²) in [5.74, 6) is -1.17. The van der Waals surface area contributed by atoms with E-state index in [0.29, 0.717) is 5.69 Å². The largest absolute Gasteiger partial charge is 0.452 e. The first-order valence-electron chi connectivity index (χ1n) is 8.18. The zero-order valence-corrected chi connectivity index (χ0v) is 16.5. The third-order valence-corrected chi connectivity index (χ3v) is 5.82. The summed E-state index contributed by atoms with van der Waals surface area (Å²) in [6.45, 7) is 3.46. The van der Waals surface area contributed by atoms with Crippen molar-refractivity contribution in [3.63, 3.8) is 0 Å². The quantitative estimate of drug-likeness (QED) is 0.765. The van der Waals surface area contributed by atoms with Gasteiger partial charge < -0.3 is 10.1 Å². The van der Waals surface area contributed by atoms with E-state index in [1.165, 1.54) is 38.4 Å². The number of sulfonamides is 1. The van der Waals surface area contributed by atoms with Gasteiger partial charge in [-0.2, -0.15) is 0 Å². The van der Waals surface area contributed by atoms with Gasteiger partial charge in [0.25, 0.3) is 5.91 Å². The summed E-state index contributed by atoms with van der Waals surface area (Å²) >= 11 is 0. The molecule has 0 spiro atoms. The Kier molecular flexibility index (Phi) is 6.35. The number of aryl methyl sites for hydroxylation is 2. The van der Waals surface area contributed by atoms with Crippen LogP contribution in [0.5, 0.6) is 0 Å². The number of ether oxygens (including phenoxy) is 1. The molecule has 2 rings (SSSR count). The lowest BCUT2D eigenvalue weighted by atomic mass is 10.1. The third kappa shape index (κ3) is 5.15. The van der Waals surface area contributed by atoms with Crippen molar-refractivity contribution < 1.29 is 22.7 Å². The van der Waals surface area contributed by atoms with Crippen LogP contribution >= 0.6 is 0 Å². The smallest absolute Gasteiger partial charge is 0.338 e. The van der Waals surface area contributed by atoms with Gasteiger partial charge in [0.15, 0.2) is 6.61 Å². The zero-order valence-electron chi connectivity index (χ0n) is 15.6. The Balaban J connectivity index is 1.95. The Morgan fingerprint density at radius 1 is 1.00 bits per heavy atom. The summed E-state index contributed by atoms with van der Waals surface area (Å²) in [4.78, 5) is 24.0. The van der Waals surface area contributed by atoms with Crippen molar-refractivity contribution in [3.05, 3.63) is 59.2 Å². The molecule has 0 bridgehead atoms. The van der Waals surface area contributed by atoms with Gasteiger partial charge in [-0.25, -0.2) is 17.5 Å². The normalized spacial score (nSPS) is 11.3. The maximum absolute atomic E-state index is 12.0. The Bertz CT molecular complexity index is 951. The van der Waals surface area contributed by atoms with E-state index in [2.05, 4.69) is 5.32 Å². The first-order chi connectivity index (χ1) is 12.6. The topological polar surface area (TPSA) is 92.8 Å². The number of benzene rings is 2. The summed E-state index contributed by atoms with van der Waals surface area (Å²) in [7, 11) is -0.725. The molecule has 0 unspecified atom stereocenters. The van der Waals surface area contributed by atoms with Crippen LogP contribution in [0.4, 0.5) is 5.69 Å². The van der Waals surface area contributed by atoms with Gasteiger partial charge in [0, 0.05) is 19.8 Å². The monoisotopic (exact) mass is 390 g/mol. The fraction of sp³-hybridized carbons (Fsp3) is 0.263. The Morgan fingerprint density at radius 3 is 2.19 bits per heavy atom. The molecule has 0 aliphatic carbocycles.